The van der Waals surface area contributed by atoms with Gasteiger partial charge in [-0.15, -0.1) is 0 Å². The van der Waals surface area contributed by atoms with E-state index in [1.54, 1.807) is 11.9 Å². The van der Waals surface area contributed by atoms with E-state index in [0.717, 1.165) is 13.0 Å². The highest BCUT2D eigenvalue weighted by Gasteiger charge is 2.33. The lowest BCUT2D eigenvalue weighted by Crippen LogP contribution is -2.46. The summed E-state index contributed by atoms with van der Waals surface area (Å²) in [4.78, 5) is 29.4. The van der Waals surface area contributed by atoms with Crippen molar-refractivity contribution in [2.24, 2.45) is 13.0 Å². The zero-order valence-electron chi connectivity index (χ0n) is 15.4. The van der Waals surface area contributed by atoms with Crippen LogP contribution in [-0.4, -0.2) is 51.0 Å². The first-order chi connectivity index (χ1) is 13.0. The Labute approximate surface area is 163 Å². The van der Waals surface area contributed by atoms with Crippen LogP contribution in [0.4, 0.5) is 0 Å². The molecule has 1 saturated heterocycles. The molecule has 2 amide bonds. The molecule has 0 atom stereocenters. The molecule has 1 aromatic carbocycles. The van der Waals surface area contributed by atoms with Crippen molar-refractivity contribution < 1.29 is 9.59 Å². The van der Waals surface area contributed by atoms with Gasteiger partial charge in [-0.05, 0) is 30.4 Å². The SMILES string of the molecule is Cn1ncc(Cl)c1C(=O)N1CCC(C(=O)N2CCc3ccccc3C2)CC1. The molecular formula is C20H23ClN4O2. The highest BCUT2D eigenvalue weighted by Crippen LogP contribution is 2.26. The molecule has 6 nitrogen and oxygen atoms in total. The smallest absolute Gasteiger partial charge is 0.273 e. The Hall–Kier alpha value is -2.34. The van der Waals surface area contributed by atoms with Gasteiger partial charge in [-0.1, -0.05) is 35.9 Å². The lowest BCUT2D eigenvalue weighted by atomic mass is 9.93. The maximum Gasteiger partial charge on any atom is 0.273 e. The summed E-state index contributed by atoms with van der Waals surface area (Å²) in [5.74, 6) is 0.0919. The summed E-state index contributed by atoms with van der Waals surface area (Å²) in [6, 6.07) is 8.33. The largest absolute Gasteiger partial charge is 0.338 e. The van der Waals surface area contributed by atoms with Crippen molar-refractivity contribution in [3.63, 3.8) is 0 Å². The number of hydrogen-bond acceptors (Lipinski definition) is 3. The number of piperidine rings is 1. The van der Waals surface area contributed by atoms with E-state index in [9.17, 15) is 9.59 Å². The maximum atomic E-state index is 13.0. The van der Waals surface area contributed by atoms with Crippen LogP contribution in [0, 0.1) is 5.92 Å². The minimum absolute atomic E-state index is 0.0127. The Morgan fingerprint density at radius 1 is 1.07 bits per heavy atom. The number of fused-ring (bicyclic) bond motifs is 1. The van der Waals surface area contributed by atoms with Crippen LogP contribution in [-0.2, 0) is 24.8 Å². The fraction of sp³-hybridized carbons (Fsp3) is 0.450. The number of benzene rings is 1. The number of halogens is 1. The topological polar surface area (TPSA) is 58.4 Å². The molecule has 0 bridgehead atoms. The van der Waals surface area contributed by atoms with Crippen molar-refractivity contribution >= 4 is 23.4 Å². The van der Waals surface area contributed by atoms with E-state index in [0.29, 0.717) is 43.2 Å². The van der Waals surface area contributed by atoms with Crippen LogP contribution in [0.25, 0.3) is 0 Å². The molecule has 2 aliphatic heterocycles. The van der Waals surface area contributed by atoms with Crippen molar-refractivity contribution in [2.75, 3.05) is 19.6 Å². The third kappa shape index (κ3) is 3.46. The number of aromatic nitrogens is 2. The Morgan fingerprint density at radius 3 is 2.44 bits per heavy atom. The van der Waals surface area contributed by atoms with E-state index >= 15 is 0 Å². The zero-order chi connectivity index (χ0) is 19.0. The van der Waals surface area contributed by atoms with Crippen molar-refractivity contribution in [2.45, 2.75) is 25.8 Å². The molecule has 0 N–H and O–H groups in total. The standard InChI is InChI=1S/C20H23ClN4O2/c1-23-18(17(21)12-22-23)20(27)24-9-7-15(8-10-24)19(26)25-11-6-14-4-2-3-5-16(14)13-25/h2-5,12,15H,6-11,13H2,1H3. The third-order valence-electron chi connectivity index (χ3n) is 5.67. The summed E-state index contributed by atoms with van der Waals surface area (Å²) in [6.07, 6.45) is 3.79. The van der Waals surface area contributed by atoms with Crippen molar-refractivity contribution in [1.82, 2.24) is 19.6 Å². The normalized spacial score (nSPS) is 17.7. The molecule has 7 heteroatoms. The van der Waals surface area contributed by atoms with Gasteiger partial charge in [-0.2, -0.15) is 5.10 Å². The Kier molecular flexibility index (Phi) is 4.91. The van der Waals surface area contributed by atoms with Gasteiger partial charge in [0, 0.05) is 39.1 Å². The molecule has 4 rings (SSSR count). The Bertz CT molecular complexity index is 851. The molecule has 2 aromatic rings. The minimum atomic E-state index is -0.113. The van der Waals surface area contributed by atoms with Gasteiger partial charge in [0.25, 0.3) is 5.91 Å². The average molecular weight is 387 g/mol. The second-order valence-corrected chi connectivity index (χ2v) is 7.72. The van der Waals surface area contributed by atoms with Crippen LogP contribution in [0.5, 0.6) is 0 Å². The van der Waals surface area contributed by atoms with E-state index < -0.39 is 0 Å². The number of likely N-dealkylation sites (tertiary alicyclic amines) is 1. The quantitative estimate of drug-likeness (QED) is 0.796. The van der Waals surface area contributed by atoms with Crippen LogP contribution < -0.4 is 0 Å². The zero-order valence-corrected chi connectivity index (χ0v) is 16.2. The van der Waals surface area contributed by atoms with Crippen molar-refractivity contribution in [3.05, 3.63) is 52.3 Å². The minimum Gasteiger partial charge on any atom is -0.338 e. The molecular weight excluding hydrogens is 364 g/mol. The molecule has 2 aliphatic rings. The van der Waals surface area contributed by atoms with Gasteiger partial charge in [-0.25, -0.2) is 0 Å². The second kappa shape index (κ2) is 7.35. The first kappa shape index (κ1) is 18.0. The highest BCUT2D eigenvalue weighted by atomic mass is 35.5. The van der Waals surface area contributed by atoms with Crippen LogP contribution in [0.3, 0.4) is 0 Å². The molecule has 0 saturated carbocycles. The second-order valence-electron chi connectivity index (χ2n) is 7.31. The van der Waals surface area contributed by atoms with Crippen LogP contribution in [0.2, 0.25) is 5.02 Å². The molecule has 0 radical (unpaired) electrons. The van der Waals surface area contributed by atoms with Gasteiger partial charge in [-0.3, -0.25) is 14.3 Å². The van der Waals surface area contributed by atoms with Gasteiger partial charge in [0.15, 0.2) is 0 Å². The average Bonchev–Trinajstić information content (AvgIpc) is 3.04. The summed E-state index contributed by atoms with van der Waals surface area (Å²) >= 11 is 6.09. The maximum absolute atomic E-state index is 13.0. The number of hydrogen-bond donors (Lipinski definition) is 0. The van der Waals surface area contributed by atoms with E-state index in [-0.39, 0.29) is 17.7 Å². The molecule has 0 unspecified atom stereocenters. The Morgan fingerprint density at radius 2 is 1.78 bits per heavy atom. The lowest BCUT2D eigenvalue weighted by molar-refractivity contribution is -0.137. The van der Waals surface area contributed by atoms with Crippen molar-refractivity contribution in [1.29, 1.82) is 0 Å². The number of carbonyl (C=O) groups excluding carboxylic acids is 2. The van der Waals surface area contributed by atoms with E-state index in [2.05, 4.69) is 23.3 Å². The fourth-order valence-corrected chi connectivity index (χ4v) is 4.32. The summed E-state index contributed by atoms with van der Waals surface area (Å²) < 4.78 is 1.51. The predicted molar refractivity (Wildman–Crippen MR) is 102 cm³/mol. The Balaban J connectivity index is 1.37. The molecule has 3 heterocycles. The number of carbonyl (C=O) groups is 2. The lowest BCUT2D eigenvalue weighted by Gasteiger charge is -2.36. The molecule has 27 heavy (non-hydrogen) atoms. The number of amides is 2. The first-order valence-electron chi connectivity index (χ1n) is 9.37. The summed E-state index contributed by atoms with van der Waals surface area (Å²) in [5, 5.41) is 4.40. The van der Waals surface area contributed by atoms with Gasteiger partial charge in [0.2, 0.25) is 5.91 Å². The van der Waals surface area contributed by atoms with Gasteiger partial charge in [0.1, 0.15) is 5.69 Å². The molecule has 1 aromatic heterocycles. The summed E-state index contributed by atoms with van der Waals surface area (Å²) in [7, 11) is 1.71. The summed E-state index contributed by atoms with van der Waals surface area (Å²) in [6.45, 7) is 2.61. The van der Waals surface area contributed by atoms with E-state index in [4.69, 9.17) is 11.6 Å². The van der Waals surface area contributed by atoms with Crippen LogP contribution >= 0.6 is 11.6 Å². The molecule has 0 spiro atoms. The first-order valence-corrected chi connectivity index (χ1v) is 9.74. The molecule has 1 fully saturated rings. The highest BCUT2D eigenvalue weighted by molar-refractivity contribution is 6.33. The van der Waals surface area contributed by atoms with Gasteiger partial charge < -0.3 is 9.80 Å². The van der Waals surface area contributed by atoms with E-state index in [1.807, 2.05) is 11.0 Å². The fourth-order valence-electron chi connectivity index (χ4n) is 4.07. The van der Waals surface area contributed by atoms with Gasteiger partial charge >= 0.3 is 0 Å². The predicted octanol–water partition coefficient (Wildman–Crippen LogP) is 2.51. The number of nitrogens with zero attached hydrogens (tertiary/aromatic N) is 4. The van der Waals surface area contributed by atoms with Crippen LogP contribution in [0.1, 0.15) is 34.5 Å². The molecule has 142 valence electrons. The van der Waals surface area contributed by atoms with Crippen LogP contribution in [0.15, 0.2) is 30.5 Å². The third-order valence-corrected chi connectivity index (χ3v) is 5.95. The van der Waals surface area contributed by atoms with Gasteiger partial charge in [0.05, 0.1) is 11.2 Å². The summed E-state index contributed by atoms with van der Waals surface area (Å²) in [5.41, 5.74) is 3.00. The van der Waals surface area contributed by atoms with Crippen molar-refractivity contribution in [3.8, 4) is 0 Å². The molecule has 0 aliphatic carbocycles. The number of aryl methyl sites for hydroxylation is 1. The monoisotopic (exact) mass is 386 g/mol. The van der Waals surface area contributed by atoms with E-state index in [1.165, 1.54) is 22.0 Å². The number of rotatable bonds is 2.